The van der Waals surface area contributed by atoms with E-state index in [4.69, 9.17) is 4.52 Å². The monoisotopic (exact) mass is 385 g/mol. The molecule has 28 heavy (non-hydrogen) atoms. The van der Waals surface area contributed by atoms with Crippen molar-refractivity contribution in [1.82, 2.24) is 20.7 Å². The predicted octanol–water partition coefficient (Wildman–Crippen LogP) is 2.51. The van der Waals surface area contributed by atoms with Crippen LogP contribution in [0, 0.1) is 0 Å². The van der Waals surface area contributed by atoms with Crippen LogP contribution < -0.4 is 10.6 Å². The minimum atomic E-state index is 0.0303. The summed E-state index contributed by atoms with van der Waals surface area (Å²) >= 11 is 0. The minimum absolute atomic E-state index is 0.0303. The summed E-state index contributed by atoms with van der Waals surface area (Å²) < 4.78 is 5.39. The van der Waals surface area contributed by atoms with Crippen LogP contribution in [0.1, 0.15) is 43.4 Å². The van der Waals surface area contributed by atoms with Crippen LogP contribution in [0.25, 0.3) is 0 Å². The Morgan fingerprint density at radius 3 is 2.50 bits per heavy atom. The van der Waals surface area contributed by atoms with Crippen molar-refractivity contribution in [3.63, 3.8) is 0 Å². The Balaban J connectivity index is 1.89. The lowest BCUT2D eigenvalue weighted by Gasteiger charge is -2.22. The Labute approximate surface area is 167 Å². The fraction of sp³-hybridized carbons (Fsp3) is 0.476. The number of hydrogen-bond acceptors (Lipinski definition) is 4. The molecule has 0 atom stereocenters. The maximum absolute atomic E-state index is 12.6. The van der Waals surface area contributed by atoms with Gasteiger partial charge >= 0.3 is 0 Å². The third kappa shape index (κ3) is 5.84. The lowest BCUT2D eigenvalue weighted by atomic mass is 10.1. The number of carbonyl (C=O) groups excluding carboxylic acids is 1. The van der Waals surface area contributed by atoms with Crippen LogP contribution in [0.5, 0.6) is 0 Å². The van der Waals surface area contributed by atoms with E-state index in [0.29, 0.717) is 25.6 Å². The van der Waals surface area contributed by atoms with Crippen LogP contribution in [-0.4, -0.2) is 42.1 Å². The van der Waals surface area contributed by atoms with Gasteiger partial charge in [-0.15, -0.1) is 0 Å². The highest BCUT2D eigenvalue weighted by Gasteiger charge is 2.15. The number of rotatable bonds is 9. The summed E-state index contributed by atoms with van der Waals surface area (Å²) in [6.07, 6.45) is 1.61. The van der Waals surface area contributed by atoms with Gasteiger partial charge in [0.2, 0.25) is 5.91 Å². The van der Waals surface area contributed by atoms with Crippen LogP contribution in [0.15, 0.2) is 39.8 Å². The van der Waals surface area contributed by atoms with Crippen molar-refractivity contribution in [2.45, 2.75) is 46.7 Å². The number of carbonyl (C=O) groups is 1. The molecule has 1 amide bonds. The van der Waals surface area contributed by atoms with Gasteiger partial charge in [-0.2, -0.15) is 0 Å². The standard InChI is InChI=1S/C21H31N5O2/c1-5-18-17(19(6-2)28-25-18)13-23-21(22-4)24-14-20(27)26(7-3)15-16-11-9-8-10-12-16/h8-12H,5-7,13-15H2,1-4H3,(H2,22,23,24). The average Bonchev–Trinajstić information content (AvgIpc) is 3.14. The van der Waals surface area contributed by atoms with Crippen molar-refractivity contribution in [2.75, 3.05) is 20.1 Å². The van der Waals surface area contributed by atoms with E-state index in [1.54, 1.807) is 7.05 Å². The zero-order valence-electron chi connectivity index (χ0n) is 17.3. The zero-order valence-corrected chi connectivity index (χ0v) is 17.3. The molecule has 1 heterocycles. The molecule has 0 unspecified atom stereocenters. The number of nitrogens with zero attached hydrogens (tertiary/aromatic N) is 3. The molecule has 0 spiro atoms. The number of nitrogens with one attached hydrogen (secondary N) is 2. The number of benzene rings is 1. The van der Waals surface area contributed by atoms with Crippen LogP contribution in [0.2, 0.25) is 0 Å². The molecule has 7 nitrogen and oxygen atoms in total. The van der Waals surface area contributed by atoms with Gasteiger partial charge in [-0.3, -0.25) is 9.79 Å². The third-order valence-corrected chi connectivity index (χ3v) is 4.62. The van der Waals surface area contributed by atoms with Gasteiger partial charge in [0.1, 0.15) is 5.76 Å². The fourth-order valence-corrected chi connectivity index (χ4v) is 2.98. The highest BCUT2D eigenvalue weighted by Crippen LogP contribution is 2.15. The van der Waals surface area contributed by atoms with Crippen LogP contribution in [0.4, 0.5) is 0 Å². The molecule has 2 aromatic rings. The summed E-state index contributed by atoms with van der Waals surface area (Å²) in [5.74, 6) is 1.49. The lowest BCUT2D eigenvalue weighted by molar-refractivity contribution is -0.130. The average molecular weight is 386 g/mol. The molecule has 7 heteroatoms. The van der Waals surface area contributed by atoms with E-state index in [-0.39, 0.29) is 12.5 Å². The van der Waals surface area contributed by atoms with Gasteiger partial charge < -0.3 is 20.1 Å². The summed E-state index contributed by atoms with van der Waals surface area (Å²) in [4.78, 5) is 18.6. The molecule has 0 aliphatic rings. The molecule has 0 fully saturated rings. The van der Waals surface area contributed by atoms with E-state index in [1.807, 2.05) is 49.1 Å². The number of aryl methyl sites for hydroxylation is 2. The Morgan fingerprint density at radius 1 is 1.14 bits per heavy atom. The van der Waals surface area contributed by atoms with Gasteiger partial charge in [0.05, 0.1) is 12.2 Å². The Kier molecular flexibility index (Phi) is 8.52. The second-order valence-corrected chi connectivity index (χ2v) is 6.41. The SMILES string of the molecule is CCc1noc(CC)c1CNC(=NC)NCC(=O)N(CC)Cc1ccccc1. The van der Waals surface area contributed by atoms with E-state index in [2.05, 4.69) is 27.7 Å². The van der Waals surface area contributed by atoms with Crippen molar-refractivity contribution < 1.29 is 9.32 Å². The first-order chi connectivity index (χ1) is 13.6. The quantitative estimate of drug-likeness (QED) is 0.512. The third-order valence-electron chi connectivity index (χ3n) is 4.62. The first-order valence-corrected chi connectivity index (χ1v) is 9.85. The zero-order chi connectivity index (χ0) is 20.4. The number of hydrogen-bond donors (Lipinski definition) is 2. The van der Waals surface area contributed by atoms with Gasteiger partial charge in [-0.05, 0) is 18.9 Å². The highest BCUT2D eigenvalue weighted by molar-refractivity contribution is 5.86. The van der Waals surface area contributed by atoms with Crippen molar-refractivity contribution >= 4 is 11.9 Å². The second-order valence-electron chi connectivity index (χ2n) is 6.41. The number of aliphatic imine (C=N–C) groups is 1. The van der Waals surface area contributed by atoms with Gasteiger partial charge in [-0.1, -0.05) is 49.3 Å². The molecular formula is C21H31N5O2. The van der Waals surface area contributed by atoms with E-state index in [1.165, 1.54) is 0 Å². The molecule has 1 aromatic carbocycles. The van der Waals surface area contributed by atoms with Crippen molar-refractivity contribution in [2.24, 2.45) is 4.99 Å². The van der Waals surface area contributed by atoms with E-state index in [0.717, 1.165) is 35.4 Å². The summed E-state index contributed by atoms with van der Waals surface area (Å²) in [6.45, 7) is 8.08. The summed E-state index contributed by atoms with van der Waals surface area (Å²) in [7, 11) is 1.69. The Hall–Kier alpha value is -2.83. The minimum Gasteiger partial charge on any atom is -0.361 e. The normalized spacial score (nSPS) is 11.4. The van der Waals surface area contributed by atoms with Crippen LogP contribution in [-0.2, 0) is 30.7 Å². The molecule has 2 N–H and O–H groups in total. The van der Waals surface area contributed by atoms with Gasteiger partial charge in [0.15, 0.2) is 5.96 Å². The van der Waals surface area contributed by atoms with Crippen LogP contribution >= 0.6 is 0 Å². The second kappa shape index (κ2) is 11.1. The maximum atomic E-state index is 12.6. The Bertz CT molecular complexity index is 749. The molecule has 1 aromatic heterocycles. The van der Waals surface area contributed by atoms with E-state index < -0.39 is 0 Å². The summed E-state index contributed by atoms with van der Waals surface area (Å²) in [6, 6.07) is 10.00. The van der Waals surface area contributed by atoms with Crippen molar-refractivity contribution in [1.29, 1.82) is 0 Å². The lowest BCUT2D eigenvalue weighted by Crippen LogP contribution is -2.44. The number of amides is 1. The topological polar surface area (TPSA) is 82.8 Å². The first-order valence-electron chi connectivity index (χ1n) is 9.85. The van der Waals surface area contributed by atoms with Gasteiger partial charge in [0.25, 0.3) is 0 Å². The molecule has 152 valence electrons. The maximum Gasteiger partial charge on any atom is 0.242 e. The Morgan fingerprint density at radius 2 is 1.89 bits per heavy atom. The molecule has 2 rings (SSSR count). The molecule has 0 aliphatic heterocycles. The summed E-state index contributed by atoms with van der Waals surface area (Å²) in [5, 5.41) is 10.5. The predicted molar refractivity (Wildman–Crippen MR) is 111 cm³/mol. The van der Waals surface area contributed by atoms with E-state index in [9.17, 15) is 4.79 Å². The largest absolute Gasteiger partial charge is 0.361 e. The first kappa shape index (κ1) is 21.5. The molecule has 0 saturated carbocycles. The molecule has 0 aliphatic carbocycles. The fourth-order valence-electron chi connectivity index (χ4n) is 2.98. The van der Waals surface area contributed by atoms with Gasteiger partial charge in [0, 0.05) is 38.7 Å². The van der Waals surface area contributed by atoms with Crippen molar-refractivity contribution in [3.05, 3.63) is 52.9 Å². The number of aromatic nitrogens is 1. The molecular weight excluding hydrogens is 354 g/mol. The number of guanidine groups is 1. The highest BCUT2D eigenvalue weighted by atomic mass is 16.5. The molecule has 0 bridgehead atoms. The molecule has 0 saturated heterocycles. The molecule has 0 radical (unpaired) electrons. The van der Waals surface area contributed by atoms with E-state index >= 15 is 0 Å². The van der Waals surface area contributed by atoms with Crippen LogP contribution in [0.3, 0.4) is 0 Å². The number of likely N-dealkylation sites (N-methyl/N-ethyl adjacent to an activating group) is 1. The smallest absolute Gasteiger partial charge is 0.242 e. The summed E-state index contributed by atoms with van der Waals surface area (Å²) in [5.41, 5.74) is 3.14. The van der Waals surface area contributed by atoms with Crippen molar-refractivity contribution in [3.8, 4) is 0 Å². The van der Waals surface area contributed by atoms with Gasteiger partial charge in [-0.25, -0.2) is 0 Å².